The summed E-state index contributed by atoms with van der Waals surface area (Å²) < 4.78 is 39.1. The first-order valence-corrected chi connectivity index (χ1v) is 8.52. The van der Waals surface area contributed by atoms with Gasteiger partial charge >= 0.3 is 6.18 Å². The Morgan fingerprint density at radius 2 is 1.73 bits per heavy atom. The lowest BCUT2D eigenvalue weighted by Gasteiger charge is -2.44. The van der Waals surface area contributed by atoms with Gasteiger partial charge in [0.05, 0.1) is 0 Å². The standard InChI is InChI=1S/C19H22F3N3O/c20-19(21,22)18(23)12-16-13-24(14-5-2-1-3-6-14)9-10-25(16)15-7-4-8-17(26)11-15/h1-8,11,16,18,26H,9-10,12-13,23H2. The summed E-state index contributed by atoms with van der Waals surface area (Å²) >= 11 is 0. The van der Waals surface area contributed by atoms with Crippen molar-refractivity contribution in [3.8, 4) is 5.75 Å². The van der Waals surface area contributed by atoms with E-state index in [0.717, 1.165) is 5.69 Å². The molecular formula is C19H22F3N3O. The molecule has 140 valence electrons. The van der Waals surface area contributed by atoms with E-state index in [1.807, 2.05) is 35.2 Å². The van der Waals surface area contributed by atoms with Crippen molar-refractivity contribution in [1.82, 2.24) is 0 Å². The molecule has 1 aliphatic rings. The number of halogens is 3. The Morgan fingerprint density at radius 1 is 1.04 bits per heavy atom. The Labute approximate surface area is 150 Å². The zero-order valence-corrected chi connectivity index (χ0v) is 14.2. The second kappa shape index (κ2) is 7.45. The monoisotopic (exact) mass is 365 g/mol. The average Bonchev–Trinajstić information content (AvgIpc) is 2.61. The SMILES string of the molecule is NC(CC1CN(c2ccccc2)CCN1c1cccc(O)c1)C(F)(F)F. The Balaban J connectivity index is 1.84. The van der Waals surface area contributed by atoms with Gasteiger partial charge in [0.15, 0.2) is 0 Å². The number of rotatable bonds is 4. The van der Waals surface area contributed by atoms with Gasteiger partial charge in [-0.25, -0.2) is 0 Å². The molecule has 0 aromatic heterocycles. The highest BCUT2D eigenvalue weighted by atomic mass is 19.4. The van der Waals surface area contributed by atoms with E-state index < -0.39 is 18.3 Å². The van der Waals surface area contributed by atoms with Crippen LogP contribution in [-0.4, -0.2) is 43.0 Å². The molecule has 0 radical (unpaired) electrons. The van der Waals surface area contributed by atoms with Crippen LogP contribution in [0.15, 0.2) is 54.6 Å². The Kier molecular flexibility index (Phi) is 5.27. The summed E-state index contributed by atoms with van der Waals surface area (Å²) in [5, 5.41) is 9.73. The number of piperazine rings is 1. The number of alkyl halides is 3. The number of hydrogen-bond acceptors (Lipinski definition) is 4. The molecule has 1 fully saturated rings. The van der Waals surface area contributed by atoms with E-state index in [4.69, 9.17) is 5.73 Å². The highest BCUT2D eigenvalue weighted by Gasteiger charge is 2.40. The molecule has 2 aromatic carbocycles. The molecule has 0 amide bonds. The maximum absolute atomic E-state index is 13.0. The topological polar surface area (TPSA) is 52.7 Å². The van der Waals surface area contributed by atoms with Crippen molar-refractivity contribution in [3.63, 3.8) is 0 Å². The molecule has 1 aliphatic heterocycles. The number of aromatic hydroxyl groups is 1. The van der Waals surface area contributed by atoms with E-state index in [1.54, 1.807) is 24.3 Å². The third-order valence-corrected chi connectivity index (χ3v) is 4.71. The second-order valence-corrected chi connectivity index (χ2v) is 6.53. The number of phenolic OH excluding ortho intramolecular Hbond substituents is 1. The van der Waals surface area contributed by atoms with Gasteiger partial charge in [0, 0.05) is 43.1 Å². The summed E-state index contributed by atoms with van der Waals surface area (Å²) in [7, 11) is 0. The van der Waals surface area contributed by atoms with Crippen LogP contribution in [-0.2, 0) is 0 Å². The van der Waals surface area contributed by atoms with E-state index in [0.29, 0.717) is 25.3 Å². The van der Waals surface area contributed by atoms with E-state index in [-0.39, 0.29) is 12.2 Å². The van der Waals surface area contributed by atoms with Gasteiger partial charge in [0.2, 0.25) is 0 Å². The van der Waals surface area contributed by atoms with E-state index in [2.05, 4.69) is 4.90 Å². The first kappa shape index (κ1) is 18.4. The minimum Gasteiger partial charge on any atom is -0.508 e. The fourth-order valence-corrected chi connectivity index (χ4v) is 3.37. The zero-order chi connectivity index (χ0) is 18.7. The van der Waals surface area contributed by atoms with Crippen LogP contribution in [0.4, 0.5) is 24.5 Å². The molecule has 1 saturated heterocycles. The molecule has 3 rings (SSSR count). The Bertz CT molecular complexity index is 723. The molecule has 7 heteroatoms. The van der Waals surface area contributed by atoms with Crippen molar-refractivity contribution in [3.05, 3.63) is 54.6 Å². The van der Waals surface area contributed by atoms with Gasteiger partial charge in [-0.2, -0.15) is 13.2 Å². The van der Waals surface area contributed by atoms with Crippen LogP contribution in [0, 0.1) is 0 Å². The van der Waals surface area contributed by atoms with Crippen LogP contribution in [0.3, 0.4) is 0 Å². The highest BCUT2D eigenvalue weighted by molar-refractivity contribution is 5.55. The van der Waals surface area contributed by atoms with Gasteiger partial charge in [0.25, 0.3) is 0 Å². The van der Waals surface area contributed by atoms with Crippen LogP contribution in [0.2, 0.25) is 0 Å². The van der Waals surface area contributed by atoms with Crippen LogP contribution in [0.25, 0.3) is 0 Å². The summed E-state index contributed by atoms with van der Waals surface area (Å²) in [5.74, 6) is 0.0897. The largest absolute Gasteiger partial charge is 0.508 e. The molecule has 26 heavy (non-hydrogen) atoms. The van der Waals surface area contributed by atoms with Gasteiger partial charge in [-0.3, -0.25) is 0 Å². The minimum absolute atomic E-state index is 0.0897. The predicted molar refractivity (Wildman–Crippen MR) is 96.5 cm³/mol. The van der Waals surface area contributed by atoms with Crippen LogP contribution in [0.5, 0.6) is 5.75 Å². The smallest absolute Gasteiger partial charge is 0.403 e. The Morgan fingerprint density at radius 3 is 2.38 bits per heavy atom. The van der Waals surface area contributed by atoms with Crippen LogP contribution in [0.1, 0.15) is 6.42 Å². The number of nitrogens with zero attached hydrogens (tertiary/aromatic N) is 2. The van der Waals surface area contributed by atoms with E-state index in [1.165, 1.54) is 0 Å². The molecule has 3 N–H and O–H groups in total. The van der Waals surface area contributed by atoms with Crippen LogP contribution >= 0.6 is 0 Å². The maximum Gasteiger partial charge on any atom is 0.403 e. The predicted octanol–water partition coefficient (Wildman–Crippen LogP) is 3.37. The van der Waals surface area contributed by atoms with E-state index in [9.17, 15) is 18.3 Å². The van der Waals surface area contributed by atoms with Gasteiger partial charge in [0.1, 0.15) is 11.8 Å². The van der Waals surface area contributed by atoms with Gasteiger partial charge in [-0.15, -0.1) is 0 Å². The number of phenols is 1. The van der Waals surface area contributed by atoms with Crippen molar-refractivity contribution < 1.29 is 18.3 Å². The fraction of sp³-hybridized carbons (Fsp3) is 0.368. The lowest BCUT2D eigenvalue weighted by Crippen LogP contribution is -2.56. The lowest BCUT2D eigenvalue weighted by molar-refractivity contribution is -0.149. The zero-order valence-electron chi connectivity index (χ0n) is 14.2. The maximum atomic E-state index is 13.0. The van der Waals surface area contributed by atoms with Crippen molar-refractivity contribution in [2.75, 3.05) is 29.4 Å². The first-order valence-electron chi connectivity index (χ1n) is 8.52. The molecule has 2 atom stereocenters. The van der Waals surface area contributed by atoms with Crippen molar-refractivity contribution in [1.29, 1.82) is 0 Å². The first-order chi connectivity index (χ1) is 12.3. The number of nitrogens with two attached hydrogens (primary N) is 1. The molecule has 0 spiro atoms. The summed E-state index contributed by atoms with van der Waals surface area (Å²) in [4.78, 5) is 3.98. The van der Waals surface area contributed by atoms with Gasteiger partial charge < -0.3 is 20.6 Å². The third kappa shape index (κ3) is 4.22. The molecular weight excluding hydrogens is 343 g/mol. The van der Waals surface area contributed by atoms with Crippen molar-refractivity contribution in [2.45, 2.75) is 24.7 Å². The van der Waals surface area contributed by atoms with Gasteiger partial charge in [-0.1, -0.05) is 24.3 Å². The minimum atomic E-state index is -4.43. The quantitative estimate of drug-likeness (QED) is 0.872. The Hall–Kier alpha value is -2.41. The number of hydrogen-bond donors (Lipinski definition) is 2. The normalized spacial score (nSPS) is 19.5. The average molecular weight is 365 g/mol. The number of anilines is 2. The molecule has 0 bridgehead atoms. The van der Waals surface area contributed by atoms with E-state index >= 15 is 0 Å². The summed E-state index contributed by atoms with van der Waals surface area (Å²) in [6.07, 6.45) is -4.64. The fourth-order valence-electron chi connectivity index (χ4n) is 3.37. The molecule has 1 heterocycles. The van der Waals surface area contributed by atoms with Crippen molar-refractivity contribution >= 4 is 11.4 Å². The molecule has 2 aromatic rings. The summed E-state index contributed by atoms with van der Waals surface area (Å²) in [6, 6.07) is 13.9. The molecule has 2 unspecified atom stereocenters. The number of para-hydroxylation sites is 1. The molecule has 0 saturated carbocycles. The summed E-state index contributed by atoms with van der Waals surface area (Å²) in [5.41, 5.74) is 7.10. The lowest BCUT2D eigenvalue weighted by atomic mass is 10.0. The van der Waals surface area contributed by atoms with Gasteiger partial charge in [-0.05, 0) is 30.7 Å². The second-order valence-electron chi connectivity index (χ2n) is 6.53. The number of benzene rings is 2. The van der Waals surface area contributed by atoms with Crippen molar-refractivity contribution in [2.24, 2.45) is 5.73 Å². The highest BCUT2D eigenvalue weighted by Crippen LogP contribution is 2.30. The summed E-state index contributed by atoms with van der Waals surface area (Å²) in [6.45, 7) is 1.66. The molecule has 4 nitrogen and oxygen atoms in total. The third-order valence-electron chi connectivity index (χ3n) is 4.71. The molecule has 0 aliphatic carbocycles. The van der Waals surface area contributed by atoms with Crippen LogP contribution < -0.4 is 15.5 Å².